The van der Waals surface area contributed by atoms with Crippen LogP contribution in [0.5, 0.6) is 0 Å². The number of carbonyl (C=O) groups is 4. The first-order chi connectivity index (χ1) is 15.8. The molecule has 1 aromatic rings. The van der Waals surface area contributed by atoms with E-state index in [0.29, 0.717) is 25.1 Å². The Labute approximate surface area is 251 Å². The van der Waals surface area contributed by atoms with Crippen LogP contribution in [0.2, 0.25) is 0 Å². The van der Waals surface area contributed by atoms with Crippen molar-refractivity contribution in [3.05, 3.63) is 22.3 Å². The number of nitrogens with two attached hydrogens (primary N) is 1. The second kappa shape index (κ2) is 12.9. The van der Waals surface area contributed by atoms with Crippen LogP contribution < -0.4 is 11.1 Å². The molecule has 0 radical (unpaired) electrons. The predicted molar refractivity (Wildman–Crippen MR) is 129 cm³/mol. The van der Waals surface area contributed by atoms with Crippen molar-refractivity contribution in [3.63, 3.8) is 0 Å². The van der Waals surface area contributed by atoms with Gasteiger partial charge in [-0.25, -0.2) is 14.6 Å². The van der Waals surface area contributed by atoms with Crippen molar-refractivity contribution in [3.8, 4) is 0 Å². The van der Waals surface area contributed by atoms with Crippen LogP contribution >= 0.6 is 23.1 Å². The number of oxime groups is 1. The molecule has 0 aliphatic carbocycles. The molecule has 0 aromatic carbocycles. The number of nitrogens with one attached hydrogen (secondary N) is 1. The van der Waals surface area contributed by atoms with Crippen LogP contribution in [0.1, 0.15) is 24.5 Å². The maximum atomic E-state index is 13.0. The topological polar surface area (TPSA) is 194 Å². The van der Waals surface area contributed by atoms with Crippen LogP contribution in [-0.4, -0.2) is 139 Å². The number of rotatable bonds is 8. The molecule has 4 atom stereocenters. The number of carbonyl (C=O) groups excluding carboxylic acids is 2. The average Bonchev–Trinajstić information content (AvgIpc) is 3.42. The molecule has 0 saturated carbocycles. The fourth-order valence-electron chi connectivity index (χ4n) is 3.86. The summed E-state index contributed by atoms with van der Waals surface area (Å²) >= 11 is 2.36. The number of aliphatic carboxylic acids is 2. The van der Waals surface area contributed by atoms with Crippen LogP contribution in [-0.2, 0) is 28.8 Å². The average molecular weight is 546 g/mol. The van der Waals surface area contributed by atoms with Gasteiger partial charge in [-0.1, -0.05) is 5.16 Å². The summed E-state index contributed by atoms with van der Waals surface area (Å²) in [5.74, 6) is -4.43. The quantitative estimate of drug-likeness (QED) is 0.128. The van der Waals surface area contributed by atoms with Crippen LogP contribution in [0.4, 0.5) is 5.13 Å². The fraction of sp³-hybridized carbons (Fsp3) is 0.444. The fourth-order valence-corrected chi connectivity index (χ4v) is 6.08. The number of aromatic nitrogens is 1. The van der Waals surface area contributed by atoms with Gasteiger partial charge in [0.15, 0.2) is 5.13 Å². The number of β-lactam (4-membered cyclic amide) rings is 1. The van der Waals surface area contributed by atoms with Crippen molar-refractivity contribution in [2.24, 2.45) is 5.16 Å². The standard InChI is InChI=1S/C18H19N5O8S2.2Na.2H/c19-18-21-7(6-32-18)11-15(27)23-13(17(28)29)12(8-2-1-3-30-8)14(33-16(11)23)22-9(24)4-20-31-5-10(25)26;;;;/h4,6,8,11,14,16H,1-3,5H2,(H2,19,21)(H,22,24)(H,25,26)(H,28,29);;;;/b20-4-;;;;/t8?,11-,14?,16-;;;;/m1..../s1. The first kappa shape index (κ1) is 30.1. The Morgan fingerprint density at radius 1 is 1.37 bits per heavy atom. The molecule has 4 heterocycles. The number of hydrogen-bond donors (Lipinski definition) is 4. The summed E-state index contributed by atoms with van der Waals surface area (Å²) in [7, 11) is 0. The summed E-state index contributed by atoms with van der Waals surface area (Å²) in [5, 5.41) is 25.0. The van der Waals surface area contributed by atoms with Gasteiger partial charge in [0.2, 0.25) is 12.5 Å². The van der Waals surface area contributed by atoms with E-state index in [0.717, 1.165) is 6.21 Å². The Kier molecular flexibility index (Phi) is 11.1. The number of anilines is 1. The normalized spacial score (nSPS) is 25.3. The van der Waals surface area contributed by atoms with Gasteiger partial charge >= 0.3 is 71.1 Å². The Morgan fingerprint density at radius 2 is 2.11 bits per heavy atom. The minimum atomic E-state index is -1.31. The number of hydrogen-bond acceptors (Lipinski definition) is 11. The van der Waals surface area contributed by atoms with Crippen molar-refractivity contribution in [2.75, 3.05) is 18.9 Å². The Morgan fingerprint density at radius 3 is 2.69 bits per heavy atom. The van der Waals surface area contributed by atoms with Gasteiger partial charge in [0, 0.05) is 17.6 Å². The summed E-state index contributed by atoms with van der Waals surface area (Å²) in [6, 6.07) is 0. The first-order valence-corrected chi connectivity index (χ1v) is 11.6. The zero-order chi connectivity index (χ0) is 23.7. The molecule has 3 aliphatic heterocycles. The van der Waals surface area contributed by atoms with E-state index in [2.05, 4.69) is 20.3 Å². The molecular weight excluding hydrogens is 524 g/mol. The van der Waals surface area contributed by atoms with Crippen LogP contribution in [0.25, 0.3) is 0 Å². The summed E-state index contributed by atoms with van der Waals surface area (Å²) in [5.41, 5.74) is 6.19. The second-order valence-electron chi connectivity index (χ2n) is 7.22. The number of nitrogens with zero attached hydrogens (tertiary/aromatic N) is 3. The zero-order valence-corrected chi connectivity index (χ0v) is 18.5. The molecule has 35 heavy (non-hydrogen) atoms. The molecule has 13 nitrogen and oxygen atoms in total. The van der Waals surface area contributed by atoms with Gasteiger partial charge < -0.3 is 30.8 Å². The molecule has 2 saturated heterocycles. The molecule has 1 aromatic heterocycles. The third-order valence-electron chi connectivity index (χ3n) is 5.16. The molecule has 2 amide bonds. The van der Waals surface area contributed by atoms with Crippen LogP contribution in [0.15, 0.2) is 21.8 Å². The van der Waals surface area contributed by atoms with E-state index in [9.17, 15) is 24.3 Å². The number of carboxylic acids is 2. The monoisotopic (exact) mass is 545 g/mol. The number of thioether (sulfide) groups is 1. The van der Waals surface area contributed by atoms with Crippen molar-refractivity contribution < 1.29 is 39.0 Å². The predicted octanol–water partition coefficient (Wildman–Crippen LogP) is -1.53. The third kappa shape index (κ3) is 6.40. The summed E-state index contributed by atoms with van der Waals surface area (Å²) < 4.78 is 5.69. The SMILES string of the molecule is Nc1nc([C@@H]2C(=O)N3C(C(=O)O)=C(C4CCCO4)C(NC(=O)/C=N\OCC(=O)O)S[C@H]23)cs1.[NaH].[NaH]. The summed E-state index contributed by atoms with van der Waals surface area (Å²) in [6.07, 6.45) is 1.41. The van der Waals surface area contributed by atoms with E-state index < -0.39 is 53.1 Å². The van der Waals surface area contributed by atoms with Gasteiger partial charge in [-0.2, -0.15) is 0 Å². The molecule has 5 N–H and O–H groups in total. The third-order valence-corrected chi connectivity index (χ3v) is 7.26. The van der Waals surface area contributed by atoms with Gasteiger partial charge in [0.25, 0.3) is 5.91 Å². The second-order valence-corrected chi connectivity index (χ2v) is 9.34. The Hall–Kier alpha value is -1.17. The number of fused-ring (bicyclic) bond motifs is 1. The number of thiazole rings is 1. The molecule has 17 heteroatoms. The van der Waals surface area contributed by atoms with Crippen molar-refractivity contribution >= 4 is 117 Å². The van der Waals surface area contributed by atoms with Gasteiger partial charge in [-0.15, -0.1) is 23.1 Å². The van der Waals surface area contributed by atoms with E-state index in [-0.39, 0.29) is 75.5 Å². The first-order valence-electron chi connectivity index (χ1n) is 9.74. The number of nitrogen functional groups attached to an aromatic ring is 1. The van der Waals surface area contributed by atoms with Crippen molar-refractivity contribution in [2.45, 2.75) is 35.6 Å². The van der Waals surface area contributed by atoms with Crippen LogP contribution in [0.3, 0.4) is 0 Å². The van der Waals surface area contributed by atoms with E-state index in [1.54, 1.807) is 5.38 Å². The van der Waals surface area contributed by atoms with Crippen LogP contribution in [0, 0.1) is 0 Å². The molecule has 0 spiro atoms. The molecule has 180 valence electrons. The van der Waals surface area contributed by atoms with E-state index in [1.165, 1.54) is 28.0 Å². The van der Waals surface area contributed by atoms with Gasteiger partial charge in [0.1, 0.15) is 28.6 Å². The summed E-state index contributed by atoms with van der Waals surface area (Å²) in [6.45, 7) is -0.293. The maximum absolute atomic E-state index is 13.0. The molecule has 2 unspecified atom stereocenters. The number of carboxylic acid groups (broad SMARTS) is 2. The minimum absolute atomic E-state index is 0. The van der Waals surface area contributed by atoms with Gasteiger partial charge in [-0.3, -0.25) is 14.5 Å². The van der Waals surface area contributed by atoms with Gasteiger partial charge in [-0.05, 0) is 12.8 Å². The zero-order valence-electron chi connectivity index (χ0n) is 16.9. The van der Waals surface area contributed by atoms with E-state index in [1.807, 2.05) is 0 Å². The van der Waals surface area contributed by atoms with Crippen molar-refractivity contribution in [1.82, 2.24) is 15.2 Å². The Bertz CT molecular complexity index is 1060. The Balaban J connectivity index is 0.00000216. The number of amides is 2. The molecule has 4 rings (SSSR count). The number of ether oxygens (including phenoxy) is 1. The van der Waals surface area contributed by atoms with E-state index >= 15 is 0 Å². The summed E-state index contributed by atoms with van der Waals surface area (Å²) in [4.78, 5) is 57.9. The molecule has 0 bridgehead atoms. The molecule has 3 aliphatic rings. The van der Waals surface area contributed by atoms with Gasteiger partial charge in [0.05, 0.1) is 11.8 Å². The molecular formula is C18H21N5Na2O8S2. The van der Waals surface area contributed by atoms with Crippen molar-refractivity contribution in [1.29, 1.82) is 0 Å². The van der Waals surface area contributed by atoms with E-state index in [4.69, 9.17) is 15.6 Å². The molecule has 2 fully saturated rings.